The maximum Gasteiger partial charge on any atom is 0.143 e. The molecule has 7 nitrogen and oxygen atoms in total. The first-order valence-corrected chi connectivity index (χ1v) is 10.0. The molecule has 1 N–H and O–H groups in total. The van der Waals surface area contributed by atoms with Crippen LogP contribution in [0.4, 0.5) is 0 Å². The zero-order valence-electron chi connectivity index (χ0n) is 18.1. The molecule has 4 aromatic rings. The van der Waals surface area contributed by atoms with Gasteiger partial charge >= 0.3 is 0 Å². The second kappa shape index (κ2) is 8.28. The van der Waals surface area contributed by atoms with Crippen molar-refractivity contribution in [2.24, 2.45) is 0 Å². The fraction of sp³-hybridized carbons (Fsp3) is 0.250. The molecule has 0 bridgehead atoms. The summed E-state index contributed by atoms with van der Waals surface area (Å²) in [4.78, 5) is 18.0. The van der Waals surface area contributed by atoms with Crippen LogP contribution >= 0.6 is 0 Å². The molecule has 4 rings (SSSR count). The van der Waals surface area contributed by atoms with E-state index in [0.717, 1.165) is 28.4 Å². The van der Waals surface area contributed by atoms with Crippen LogP contribution in [0.2, 0.25) is 0 Å². The third kappa shape index (κ3) is 4.62. The second-order valence-corrected chi connectivity index (χ2v) is 7.93. The molecule has 0 saturated carbocycles. The largest absolute Gasteiger partial charge is 0.495 e. The monoisotopic (exact) mass is 415 g/mol. The molecule has 0 radical (unpaired) electrons. The van der Waals surface area contributed by atoms with Gasteiger partial charge in [0.1, 0.15) is 17.2 Å². The zero-order valence-corrected chi connectivity index (χ0v) is 18.1. The van der Waals surface area contributed by atoms with E-state index in [-0.39, 0.29) is 0 Å². The summed E-state index contributed by atoms with van der Waals surface area (Å²) in [6.07, 6.45) is 5.93. The van der Waals surface area contributed by atoms with Crippen molar-refractivity contribution in [1.82, 2.24) is 24.5 Å². The quantitative estimate of drug-likeness (QED) is 0.515. The Morgan fingerprint density at radius 3 is 2.52 bits per heavy atom. The van der Waals surface area contributed by atoms with Crippen LogP contribution < -0.4 is 4.74 Å². The van der Waals surface area contributed by atoms with Crippen molar-refractivity contribution < 1.29 is 9.84 Å². The predicted molar refractivity (Wildman–Crippen MR) is 118 cm³/mol. The average Bonchev–Trinajstić information content (AvgIpc) is 3.19. The van der Waals surface area contributed by atoms with E-state index in [0.29, 0.717) is 23.6 Å². The summed E-state index contributed by atoms with van der Waals surface area (Å²) >= 11 is 0. The normalized spacial score (nSPS) is 11.5. The van der Waals surface area contributed by atoms with Gasteiger partial charge in [-0.3, -0.25) is 4.98 Å². The Kier molecular flexibility index (Phi) is 5.52. The van der Waals surface area contributed by atoms with Crippen LogP contribution in [0.3, 0.4) is 0 Å². The van der Waals surface area contributed by atoms with E-state index in [1.807, 2.05) is 54.1 Å². The molecule has 0 fully saturated rings. The van der Waals surface area contributed by atoms with Gasteiger partial charge in [-0.15, -0.1) is 0 Å². The Morgan fingerprint density at radius 2 is 1.87 bits per heavy atom. The maximum atomic E-state index is 10.6. The molecule has 0 saturated heterocycles. The molecule has 0 amide bonds. The van der Waals surface area contributed by atoms with Gasteiger partial charge in [-0.05, 0) is 56.7 Å². The Balaban J connectivity index is 1.71. The van der Waals surface area contributed by atoms with Crippen LogP contribution in [0.15, 0.2) is 61.2 Å². The highest BCUT2D eigenvalue weighted by Gasteiger charge is 2.21. The molecule has 0 aliphatic heterocycles. The van der Waals surface area contributed by atoms with Crippen molar-refractivity contribution in [3.05, 3.63) is 84.0 Å². The fourth-order valence-corrected chi connectivity index (χ4v) is 3.32. The van der Waals surface area contributed by atoms with Gasteiger partial charge in [0, 0.05) is 18.8 Å². The van der Waals surface area contributed by atoms with E-state index in [1.165, 1.54) is 0 Å². The number of aliphatic hydroxyl groups is 1. The Hall–Kier alpha value is -3.58. The summed E-state index contributed by atoms with van der Waals surface area (Å²) in [5.74, 6) is 1.34. The summed E-state index contributed by atoms with van der Waals surface area (Å²) in [5.41, 5.74) is 3.72. The molecule has 0 spiro atoms. The number of nitrogens with zero attached hydrogens (tertiary/aromatic N) is 5. The Labute approximate surface area is 181 Å². The molecule has 0 atom stereocenters. The number of rotatable bonds is 6. The summed E-state index contributed by atoms with van der Waals surface area (Å²) in [6, 6.07) is 13.4. The number of methoxy groups -OCH3 is 1. The van der Waals surface area contributed by atoms with Crippen LogP contribution in [-0.4, -0.2) is 36.7 Å². The zero-order chi connectivity index (χ0) is 22.0. The number of hydrogen-bond acceptors (Lipinski definition) is 6. The molecule has 0 unspecified atom stereocenters. The molecule has 31 heavy (non-hydrogen) atoms. The molecule has 158 valence electrons. The SMILES string of the molecule is COc1cc(Cc2nc(-c3ccccn3)cc(C(C)(C)O)n2)ccc1-n1cnc(C)c1. The van der Waals surface area contributed by atoms with E-state index < -0.39 is 5.60 Å². The summed E-state index contributed by atoms with van der Waals surface area (Å²) < 4.78 is 7.55. The van der Waals surface area contributed by atoms with Crippen LogP contribution in [0, 0.1) is 6.92 Å². The van der Waals surface area contributed by atoms with Crippen molar-refractivity contribution >= 4 is 0 Å². The van der Waals surface area contributed by atoms with E-state index in [9.17, 15) is 5.11 Å². The van der Waals surface area contributed by atoms with Gasteiger partial charge in [0.05, 0.1) is 41.9 Å². The van der Waals surface area contributed by atoms with Gasteiger partial charge in [-0.2, -0.15) is 0 Å². The van der Waals surface area contributed by atoms with Crippen molar-refractivity contribution in [3.63, 3.8) is 0 Å². The lowest BCUT2D eigenvalue weighted by molar-refractivity contribution is 0.0735. The lowest BCUT2D eigenvalue weighted by atomic mass is 10.0. The smallest absolute Gasteiger partial charge is 0.143 e. The number of pyridine rings is 1. The Bertz CT molecular complexity index is 1200. The van der Waals surface area contributed by atoms with E-state index in [2.05, 4.69) is 15.0 Å². The average molecular weight is 415 g/mol. The maximum absolute atomic E-state index is 10.6. The predicted octanol–water partition coefficient (Wildman–Crippen LogP) is 3.86. The molecule has 1 aromatic carbocycles. The topological polar surface area (TPSA) is 86.0 Å². The first kappa shape index (κ1) is 20.7. The number of benzene rings is 1. The minimum Gasteiger partial charge on any atom is -0.495 e. The van der Waals surface area contributed by atoms with Gasteiger partial charge in [-0.1, -0.05) is 12.1 Å². The third-order valence-corrected chi connectivity index (χ3v) is 4.92. The third-order valence-electron chi connectivity index (χ3n) is 4.92. The summed E-state index contributed by atoms with van der Waals surface area (Å²) in [7, 11) is 1.65. The number of aromatic nitrogens is 5. The van der Waals surface area contributed by atoms with E-state index in [1.54, 1.807) is 39.5 Å². The molecular formula is C24H25N5O2. The number of ether oxygens (including phenoxy) is 1. The lowest BCUT2D eigenvalue weighted by Crippen LogP contribution is -2.19. The fourth-order valence-electron chi connectivity index (χ4n) is 3.32. The summed E-state index contributed by atoms with van der Waals surface area (Å²) in [6.45, 7) is 5.38. The van der Waals surface area contributed by atoms with Gasteiger partial charge in [-0.25, -0.2) is 15.0 Å². The van der Waals surface area contributed by atoms with Crippen LogP contribution in [0.25, 0.3) is 17.1 Å². The number of hydrogen-bond donors (Lipinski definition) is 1. The minimum absolute atomic E-state index is 0.489. The van der Waals surface area contributed by atoms with Gasteiger partial charge < -0.3 is 14.4 Å². The van der Waals surface area contributed by atoms with Gasteiger partial charge in [0.15, 0.2) is 0 Å². The standard InChI is InChI=1S/C24H25N5O2/c1-16-14-29(15-26-16)20-9-8-17(11-21(20)31-4)12-23-27-19(18-7-5-6-10-25-18)13-22(28-23)24(2,3)30/h5-11,13-15,30H,12H2,1-4H3. The van der Waals surface area contributed by atoms with Crippen molar-refractivity contribution in [3.8, 4) is 22.8 Å². The highest BCUT2D eigenvalue weighted by molar-refractivity contribution is 5.55. The van der Waals surface area contributed by atoms with E-state index in [4.69, 9.17) is 9.72 Å². The van der Waals surface area contributed by atoms with Crippen molar-refractivity contribution in [2.45, 2.75) is 32.8 Å². The number of imidazole rings is 1. The van der Waals surface area contributed by atoms with Crippen LogP contribution in [-0.2, 0) is 12.0 Å². The Morgan fingerprint density at radius 1 is 1.03 bits per heavy atom. The highest BCUT2D eigenvalue weighted by Crippen LogP contribution is 2.27. The summed E-state index contributed by atoms with van der Waals surface area (Å²) in [5, 5.41) is 10.6. The van der Waals surface area contributed by atoms with Crippen molar-refractivity contribution in [2.75, 3.05) is 7.11 Å². The minimum atomic E-state index is -1.10. The van der Waals surface area contributed by atoms with E-state index >= 15 is 0 Å². The molecule has 0 aliphatic carbocycles. The lowest BCUT2D eigenvalue weighted by Gasteiger charge is -2.18. The molecular weight excluding hydrogens is 390 g/mol. The van der Waals surface area contributed by atoms with Crippen molar-refractivity contribution in [1.29, 1.82) is 0 Å². The molecule has 0 aliphatic rings. The second-order valence-electron chi connectivity index (χ2n) is 7.93. The molecule has 3 aromatic heterocycles. The van der Waals surface area contributed by atoms with Gasteiger partial charge in [0.25, 0.3) is 0 Å². The van der Waals surface area contributed by atoms with Crippen LogP contribution in [0.5, 0.6) is 5.75 Å². The first-order chi connectivity index (χ1) is 14.8. The van der Waals surface area contributed by atoms with Gasteiger partial charge in [0.2, 0.25) is 0 Å². The highest BCUT2D eigenvalue weighted by atomic mass is 16.5. The van der Waals surface area contributed by atoms with Crippen LogP contribution in [0.1, 0.15) is 36.6 Å². The first-order valence-electron chi connectivity index (χ1n) is 10.0. The molecule has 7 heteroatoms. The molecule has 3 heterocycles. The number of aryl methyl sites for hydroxylation is 1.